The van der Waals surface area contributed by atoms with Crippen LogP contribution in [0.4, 0.5) is 5.69 Å². The fourth-order valence-corrected chi connectivity index (χ4v) is 3.41. The summed E-state index contributed by atoms with van der Waals surface area (Å²) in [7, 11) is 1.46. The van der Waals surface area contributed by atoms with Crippen molar-refractivity contribution in [1.82, 2.24) is 9.97 Å². The van der Waals surface area contributed by atoms with Gasteiger partial charge in [0.2, 0.25) is 0 Å². The molecule has 8 heteroatoms. The van der Waals surface area contributed by atoms with E-state index in [1.165, 1.54) is 25.3 Å². The van der Waals surface area contributed by atoms with Crippen LogP contribution in [0.15, 0.2) is 60.7 Å². The number of fused-ring (bicyclic) bond motifs is 1. The van der Waals surface area contributed by atoms with Gasteiger partial charge in [0.1, 0.15) is 18.5 Å². The maximum absolute atomic E-state index is 11.8. The summed E-state index contributed by atoms with van der Waals surface area (Å²) in [6.07, 6.45) is 1.42. The van der Waals surface area contributed by atoms with Crippen LogP contribution >= 0.6 is 0 Å². The molecule has 4 rings (SSSR count). The molecule has 0 bridgehead atoms. The van der Waals surface area contributed by atoms with Gasteiger partial charge in [0.25, 0.3) is 5.69 Å². The van der Waals surface area contributed by atoms with Crippen LogP contribution in [-0.4, -0.2) is 22.0 Å². The van der Waals surface area contributed by atoms with Gasteiger partial charge in [-0.1, -0.05) is 36.4 Å². The van der Waals surface area contributed by atoms with Crippen LogP contribution in [0.5, 0.6) is 11.5 Å². The van der Waals surface area contributed by atoms with E-state index >= 15 is 0 Å². The molecule has 0 saturated carbocycles. The number of benzene rings is 3. The lowest BCUT2D eigenvalue weighted by molar-refractivity contribution is -0.385. The van der Waals surface area contributed by atoms with Crippen LogP contribution < -0.4 is 9.47 Å². The first kappa shape index (κ1) is 21.6. The molecule has 0 aliphatic heterocycles. The molecule has 0 aliphatic rings. The number of hydrogen-bond donors (Lipinski definition) is 1. The predicted octanol–water partition coefficient (Wildman–Crippen LogP) is 5.43. The molecule has 0 fully saturated rings. The summed E-state index contributed by atoms with van der Waals surface area (Å²) < 4.78 is 11.2. The summed E-state index contributed by atoms with van der Waals surface area (Å²) in [5.41, 5.74) is 3.60. The largest absolute Gasteiger partial charge is 0.493 e. The number of aromatic nitrogens is 2. The minimum atomic E-state index is -0.516. The number of aryl methyl sites for hydroxylation is 1. The Kier molecular flexibility index (Phi) is 6.04. The van der Waals surface area contributed by atoms with Gasteiger partial charge >= 0.3 is 0 Å². The van der Waals surface area contributed by atoms with Crippen molar-refractivity contribution in [2.45, 2.75) is 13.5 Å². The highest BCUT2D eigenvalue weighted by molar-refractivity contribution is 5.92. The first-order valence-corrected chi connectivity index (χ1v) is 10.1. The van der Waals surface area contributed by atoms with E-state index in [4.69, 9.17) is 9.47 Å². The fourth-order valence-electron chi connectivity index (χ4n) is 3.41. The molecule has 4 aromatic rings. The maximum atomic E-state index is 11.8. The van der Waals surface area contributed by atoms with E-state index in [0.717, 1.165) is 16.6 Å². The Balaban J connectivity index is 1.74. The van der Waals surface area contributed by atoms with Crippen LogP contribution in [0, 0.1) is 28.4 Å². The number of imidazole rings is 1. The van der Waals surface area contributed by atoms with Crippen LogP contribution in [0.2, 0.25) is 0 Å². The number of aromatic amines is 1. The summed E-state index contributed by atoms with van der Waals surface area (Å²) in [5.74, 6) is 0.888. The van der Waals surface area contributed by atoms with Crippen LogP contribution in [0.1, 0.15) is 22.5 Å². The highest BCUT2D eigenvalue weighted by Crippen LogP contribution is 2.37. The van der Waals surface area contributed by atoms with Crippen molar-refractivity contribution < 1.29 is 14.4 Å². The molecule has 1 aromatic heterocycles. The topological polar surface area (TPSA) is 114 Å². The van der Waals surface area contributed by atoms with Gasteiger partial charge in [0, 0.05) is 0 Å². The molecule has 0 amide bonds. The number of allylic oxidation sites excluding steroid dienone is 1. The van der Waals surface area contributed by atoms with E-state index in [1.54, 1.807) is 0 Å². The summed E-state index contributed by atoms with van der Waals surface area (Å²) in [4.78, 5) is 18.8. The van der Waals surface area contributed by atoms with Gasteiger partial charge in [-0.2, -0.15) is 5.26 Å². The number of H-pyrrole nitrogens is 1. The molecule has 0 unspecified atom stereocenters. The first-order valence-electron chi connectivity index (χ1n) is 10.1. The highest BCUT2D eigenvalue weighted by atomic mass is 16.6. The normalized spacial score (nSPS) is 11.2. The average molecular weight is 440 g/mol. The first-order chi connectivity index (χ1) is 16.0. The highest BCUT2D eigenvalue weighted by Gasteiger charge is 2.20. The Hall–Kier alpha value is -4.64. The summed E-state index contributed by atoms with van der Waals surface area (Å²) >= 11 is 0. The van der Waals surface area contributed by atoms with Gasteiger partial charge in [0.15, 0.2) is 11.5 Å². The summed E-state index contributed by atoms with van der Waals surface area (Å²) in [5, 5.41) is 21.5. The molecule has 0 saturated heterocycles. The second-order valence-electron chi connectivity index (χ2n) is 7.37. The smallest absolute Gasteiger partial charge is 0.280 e. The Morgan fingerprint density at radius 2 is 1.97 bits per heavy atom. The van der Waals surface area contributed by atoms with Gasteiger partial charge in [-0.15, -0.1) is 0 Å². The molecule has 0 radical (unpaired) electrons. The van der Waals surface area contributed by atoms with Crippen molar-refractivity contribution in [3.63, 3.8) is 0 Å². The van der Waals surface area contributed by atoms with Crippen LogP contribution in [0.25, 0.3) is 22.7 Å². The van der Waals surface area contributed by atoms with Crippen molar-refractivity contribution >= 4 is 28.4 Å². The number of methoxy groups -OCH3 is 1. The van der Waals surface area contributed by atoms with Crippen molar-refractivity contribution in [2.75, 3.05) is 7.11 Å². The SMILES string of the molecule is COc1cc(C=C(C#N)c2nc3ccc(C)cc3[nH]2)c([N+](=O)[O-])cc1OCc1ccccc1. The Labute approximate surface area is 189 Å². The van der Waals surface area contributed by atoms with Crippen molar-refractivity contribution in [2.24, 2.45) is 0 Å². The second-order valence-corrected chi connectivity index (χ2v) is 7.37. The number of rotatable bonds is 7. The average Bonchev–Trinajstić information content (AvgIpc) is 3.24. The zero-order valence-corrected chi connectivity index (χ0v) is 18.0. The molecule has 3 aromatic carbocycles. The fraction of sp³-hybridized carbons (Fsp3) is 0.120. The minimum Gasteiger partial charge on any atom is -0.493 e. The number of nitrogens with one attached hydrogen (secondary N) is 1. The van der Waals surface area contributed by atoms with E-state index in [2.05, 4.69) is 16.0 Å². The summed E-state index contributed by atoms with van der Waals surface area (Å²) in [6, 6.07) is 20.0. The monoisotopic (exact) mass is 440 g/mol. The van der Waals surface area contributed by atoms with Gasteiger partial charge in [-0.3, -0.25) is 10.1 Å². The van der Waals surface area contributed by atoms with Crippen molar-refractivity contribution in [3.05, 3.63) is 93.3 Å². The molecule has 164 valence electrons. The van der Waals surface area contributed by atoms with E-state index in [0.29, 0.717) is 17.1 Å². The molecule has 0 spiro atoms. The Bertz CT molecular complexity index is 1400. The van der Waals surface area contributed by atoms with E-state index in [1.807, 2.05) is 55.5 Å². The second kappa shape index (κ2) is 9.24. The zero-order valence-electron chi connectivity index (χ0n) is 18.0. The number of nitro benzene ring substituents is 1. The van der Waals surface area contributed by atoms with E-state index < -0.39 is 4.92 Å². The third-order valence-corrected chi connectivity index (χ3v) is 5.06. The van der Waals surface area contributed by atoms with Crippen molar-refractivity contribution in [3.8, 4) is 17.6 Å². The lowest BCUT2D eigenvalue weighted by Crippen LogP contribution is -2.00. The third-order valence-electron chi connectivity index (χ3n) is 5.06. The molecule has 33 heavy (non-hydrogen) atoms. The lowest BCUT2D eigenvalue weighted by Gasteiger charge is -2.12. The lowest BCUT2D eigenvalue weighted by atomic mass is 10.1. The molecular weight excluding hydrogens is 420 g/mol. The van der Waals surface area contributed by atoms with Gasteiger partial charge in [-0.05, 0) is 42.3 Å². The number of hydrogen-bond acceptors (Lipinski definition) is 6. The van der Waals surface area contributed by atoms with Crippen LogP contribution in [0.3, 0.4) is 0 Å². The predicted molar refractivity (Wildman–Crippen MR) is 125 cm³/mol. The van der Waals surface area contributed by atoms with E-state index in [9.17, 15) is 15.4 Å². The van der Waals surface area contributed by atoms with Gasteiger partial charge in [-0.25, -0.2) is 4.98 Å². The van der Waals surface area contributed by atoms with Gasteiger partial charge in [0.05, 0.1) is 40.3 Å². The molecule has 0 aliphatic carbocycles. The Morgan fingerprint density at radius 1 is 1.18 bits per heavy atom. The Morgan fingerprint density at radius 3 is 2.67 bits per heavy atom. The number of nitrogens with zero attached hydrogens (tertiary/aromatic N) is 3. The number of nitriles is 1. The minimum absolute atomic E-state index is 0.159. The molecular formula is C25H20N4O4. The summed E-state index contributed by atoms with van der Waals surface area (Å²) in [6.45, 7) is 2.18. The molecule has 0 atom stereocenters. The van der Waals surface area contributed by atoms with Gasteiger partial charge < -0.3 is 14.5 Å². The standard InChI is InChI=1S/C25H20N4O4/c1-16-8-9-20-21(10-16)28-25(27-20)19(14-26)11-18-12-23(32-2)24(13-22(18)29(30)31)33-15-17-6-4-3-5-7-17/h3-13H,15H2,1-2H3,(H,27,28). The number of ether oxygens (including phenoxy) is 2. The molecule has 8 nitrogen and oxygen atoms in total. The van der Waals surface area contributed by atoms with Crippen LogP contribution in [-0.2, 0) is 6.61 Å². The molecule has 1 N–H and O–H groups in total. The number of nitro groups is 1. The van der Waals surface area contributed by atoms with E-state index in [-0.39, 0.29) is 29.2 Å². The molecule has 1 heterocycles. The van der Waals surface area contributed by atoms with Crippen molar-refractivity contribution in [1.29, 1.82) is 5.26 Å². The maximum Gasteiger partial charge on any atom is 0.280 e. The zero-order chi connectivity index (χ0) is 23.4. The third kappa shape index (κ3) is 4.67. The quantitative estimate of drug-likeness (QED) is 0.233.